The number of carbonyl (C=O) groups excluding carboxylic acids is 2. The average Bonchev–Trinajstić information content (AvgIpc) is 2.47. The lowest BCUT2D eigenvalue weighted by atomic mass is 10.1. The first-order chi connectivity index (χ1) is 10.0. The van der Waals surface area contributed by atoms with Gasteiger partial charge in [0.2, 0.25) is 6.41 Å². The molecule has 1 aromatic carbocycles. The number of nitrogens with zero attached hydrogens (tertiary/aromatic N) is 2. The van der Waals surface area contributed by atoms with Gasteiger partial charge in [-0.3, -0.25) is 4.79 Å². The van der Waals surface area contributed by atoms with Crippen LogP contribution in [-0.2, 0) is 9.53 Å². The quantitative estimate of drug-likeness (QED) is 0.626. The third-order valence-electron chi connectivity index (χ3n) is 3.59. The van der Waals surface area contributed by atoms with Gasteiger partial charge in [-0.2, -0.15) is 0 Å². The Kier molecular flexibility index (Phi) is 4.77. The highest BCUT2D eigenvalue weighted by Crippen LogP contribution is 2.20. The molecule has 0 radical (unpaired) electrons. The maximum atomic E-state index is 13.9. The van der Waals surface area contributed by atoms with Gasteiger partial charge in [0.25, 0.3) is 0 Å². The molecule has 114 valence electrons. The summed E-state index contributed by atoms with van der Waals surface area (Å²) in [5.74, 6) is -1.24. The van der Waals surface area contributed by atoms with Crippen molar-refractivity contribution in [2.45, 2.75) is 18.9 Å². The largest absolute Gasteiger partial charge is 0.459 e. The fourth-order valence-electron chi connectivity index (χ4n) is 2.26. The molecule has 21 heavy (non-hydrogen) atoms. The standard InChI is InChI=1S/C15H19FN2O3/c1-17(2)11-3-4-13(14(16)9-11)15(20)21-12-5-7-18(10-19)8-6-12/h3-4,9-10,12H,5-8H2,1-2H3. The maximum Gasteiger partial charge on any atom is 0.341 e. The molecule has 2 rings (SSSR count). The van der Waals surface area contributed by atoms with Crippen LogP contribution in [0.5, 0.6) is 0 Å². The minimum atomic E-state index is -0.651. The Morgan fingerprint density at radius 3 is 2.57 bits per heavy atom. The molecule has 0 N–H and O–H groups in total. The van der Waals surface area contributed by atoms with Crippen LogP contribution in [0.25, 0.3) is 0 Å². The van der Waals surface area contributed by atoms with E-state index < -0.39 is 11.8 Å². The first-order valence-electron chi connectivity index (χ1n) is 6.88. The van der Waals surface area contributed by atoms with Gasteiger partial charge < -0.3 is 14.5 Å². The van der Waals surface area contributed by atoms with Crippen LogP contribution in [-0.4, -0.2) is 50.6 Å². The van der Waals surface area contributed by atoms with E-state index in [1.54, 1.807) is 30.0 Å². The summed E-state index contributed by atoms with van der Waals surface area (Å²) in [6, 6.07) is 4.42. The van der Waals surface area contributed by atoms with Crippen LogP contribution in [0.2, 0.25) is 0 Å². The molecule has 1 saturated heterocycles. The van der Waals surface area contributed by atoms with Crippen LogP contribution in [0.15, 0.2) is 18.2 Å². The van der Waals surface area contributed by atoms with Gasteiger partial charge in [0.1, 0.15) is 11.9 Å². The number of piperidine rings is 1. The second-order valence-corrected chi connectivity index (χ2v) is 5.30. The molecule has 0 bridgehead atoms. The molecule has 6 heteroatoms. The summed E-state index contributed by atoms with van der Waals surface area (Å²) in [6.45, 7) is 1.12. The van der Waals surface area contributed by atoms with Crippen LogP contribution in [0.3, 0.4) is 0 Å². The van der Waals surface area contributed by atoms with Gasteiger partial charge in [0, 0.05) is 45.7 Å². The molecule has 0 aliphatic carbocycles. The summed E-state index contributed by atoms with van der Waals surface area (Å²) in [5, 5.41) is 0. The fraction of sp³-hybridized carbons (Fsp3) is 0.467. The van der Waals surface area contributed by atoms with E-state index in [0.29, 0.717) is 31.6 Å². The summed E-state index contributed by atoms with van der Waals surface area (Å²) in [4.78, 5) is 26.0. The third kappa shape index (κ3) is 3.71. The van der Waals surface area contributed by atoms with Gasteiger partial charge in [0.05, 0.1) is 5.56 Å². The topological polar surface area (TPSA) is 49.9 Å². The van der Waals surface area contributed by atoms with Crippen molar-refractivity contribution in [3.63, 3.8) is 0 Å². The molecule has 0 spiro atoms. The van der Waals surface area contributed by atoms with E-state index in [1.807, 2.05) is 0 Å². The van der Waals surface area contributed by atoms with Crippen molar-refractivity contribution in [2.24, 2.45) is 0 Å². The molecular formula is C15H19FN2O3. The van der Waals surface area contributed by atoms with Crippen molar-refractivity contribution in [2.75, 3.05) is 32.1 Å². The number of amides is 1. The Bertz CT molecular complexity index is 526. The molecule has 1 amide bonds. The SMILES string of the molecule is CN(C)c1ccc(C(=O)OC2CCN(C=O)CC2)c(F)c1. The van der Waals surface area contributed by atoms with Gasteiger partial charge in [-0.1, -0.05) is 0 Å². The Balaban J connectivity index is 1.99. The Morgan fingerprint density at radius 2 is 2.05 bits per heavy atom. The van der Waals surface area contributed by atoms with E-state index in [2.05, 4.69) is 0 Å². The molecule has 1 aromatic rings. The molecule has 0 saturated carbocycles. The predicted octanol–water partition coefficient (Wildman–Crippen LogP) is 1.67. The summed E-state index contributed by atoms with van der Waals surface area (Å²) in [5.41, 5.74) is 0.627. The number of rotatable bonds is 4. The molecule has 1 aliphatic rings. The molecular weight excluding hydrogens is 275 g/mol. The second-order valence-electron chi connectivity index (χ2n) is 5.30. The van der Waals surface area contributed by atoms with Crippen molar-refractivity contribution in [3.05, 3.63) is 29.6 Å². The van der Waals surface area contributed by atoms with Crippen molar-refractivity contribution in [1.82, 2.24) is 4.90 Å². The van der Waals surface area contributed by atoms with E-state index in [-0.39, 0.29) is 11.7 Å². The van der Waals surface area contributed by atoms with Crippen LogP contribution in [0.1, 0.15) is 23.2 Å². The Morgan fingerprint density at radius 1 is 1.38 bits per heavy atom. The molecule has 5 nitrogen and oxygen atoms in total. The van der Waals surface area contributed by atoms with Gasteiger partial charge in [0.15, 0.2) is 0 Å². The average molecular weight is 294 g/mol. The molecule has 1 heterocycles. The number of benzene rings is 1. The number of carbonyl (C=O) groups is 2. The molecule has 1 aliphatic heterocycles. The van der Waals surface area contributed by atoms with E-state index in [0.717, 1.165) is 6.41 Å². The van der Waals surface area contributed by atoms with E-state index >= 15 is 0 Å². The van der Waals surface area contributed by atoms with Gasteiger partial charge in [-0.15, -0.1) is 0 Å². The van der Waals surface area contributed by atoms with Gasteiger partial charge >= 0.3 is 5.97 Å². The van der Waals surface area contributed by atoms with E-state index in [9.17, 15) is 14.0 Å². The van der Waals surface area contributed by atoms with Crippen LogP contribution in [0, 0.1) is 5.82 Å². The predicted molar refractivity (Wildman–Crippen MR) is 76.8 cm³/mol. The lowest BCUT2D eigenvalue weighted by Gasteiger charge is -2.28. The van der Waals surface area contributed by atoms with E-state index in [1.165, 1.54) is 12.1 Å². The zero-order valence-corrected chi connectivity index (χ0v) is 12.2. The van der Waals surface area contributed by atoms with Crippen molar-refractivity contribution in [3.8, 4) is 0 Å². The lowest BCUT2D eigenvalue weighted by molar-refractivity contribution is -0.120. The minimum absolute atomic E-state index is 0.0570. The number of halogens is 1. The number of likely N-dealkylation sites (tertiary alicyclic amines) is 1. The Labute approximate surface area is 123 Å². The molecule has 0 atom stereocenters. The van der Waals surface area contributed by atoms with Crippen LogP contribution >= 0.6 is 0 Å². The molecule has 1 fully saturated rings. The first kappa shape index (κ1) is 15.3. The first-order valence-corrected chi connectivity index (χ1v) is 6.88. The van der Waals surface area contributed by atoms with Crippen LogP contribution < -0.4 is 4.90 Å². The normalized spacial score (nSPS) is 15.7. The van der Waals surface area contributed by atoms with Crippen LogP contribution in [0.4, 0.5) is 10.1 Å². The number of hydrogen-bond acceptors (Lipinski definition) is 4. The summed E-state index contributed by atoms with van der Waals surface area (Å²) in [6.07, 6.45) is 1.70. The minimum Gasteiger partial charge on any atom is -0.459 e. The highest BCUT2D eigenvalue weighted by atomic mass is 19.1. The van der Waals surface area contributed by atoms with Crippen molar-refractivity contribution < 1.29 is 18.7 Å². The lowest BCUT2D eigenvalue weighted by Crippen LogP contribution is -2.37. The third-order valence-corrected chi connectivity index (χ3v) is 3.59. The molecule has 0 aromatic heterocycles. The Hall–Kier alpha value is -2.11. The zero-order valence-electron chi connectivity index (χ0n) is 12.2. The second kappa shape index (κ2) is 6.56. The number of esters is 1. The highest BCUT2D eigenvalue weighted by Gasteiger charge is 2.23. The highest BCUT2D eigenvalue weighted by molar-refractivity contribution is 5.90. The summed E-state index contributed by atoms with van der Waals surface area (Å²) >= 11 is 0. The van der Waals surface area contributed by atoms with E-state index in [4.69, 9.17) is 4.74 Å². The number of anilines is 1. The van der Waals surface area contributed by atoms with Crippen molar-refractivity contribution >= 4 is 18.1 Å². The fourth-order valence-corrected chi connectivity index (χ4v) is 2.26. The monoisotopic (exact) mass is 294 g/mol. The van der Waals surface area contributed by atoms with Gasteiger partial charge in [-0.05, 0) is 18.2 Å². The summed E-state index contributed by atoms with van der Waals surface area (Å²) in [7, 11) is 3.60. The number of hydrogen-bond donors (Lipinski definition) is 0. The smallest absolute Gasteiger partial charge is 0.341 e. The number of ether oxygens (including phenoxy) is 1. The molecule has 0 unspecified atom stereocenters. The van der Waals surface area contributed by atoms with Gasteiger partial charge in [-0.25, -0.2) is 9.18 Å². The van der Waals surface area contributed by atoms with Crippen molar-refractivity contribution in [1.29, 1.82) is 0 Å². The summed E-state index contributed by atoms with van der Waals surface area (Å²) < 4.78 is 19.3. The zero-order chi connectivity index (χ0) is 15.4. The maximum absolute atomic E-state index is 13.9.